The first kappa shape index (κ1) is 12.7. The van der Waals surface area contributed by atoms with Gasteiger partial charge in [0.05, 0.1) is 5.69 Å². The van der Waals surface area contributed by atoms with E-state index in [0.717, 1.165) is 24.4 Å². The molecule has 1 N–H and O–H groups in total. The Labute approximate surface area is 119 Å². The summed E-state index contributed by atoms with van der Waals surface area (Å²) in [5, 5.41) is 0. The average molecular weight is 262 g/mol. The number of imidazole rings is 1. The van der Waals surface area contributed by atoms with E-state index in [1.54, 1.807) is 0 Å². The topological polar surface area (TPSA) is 28.7 Å². The minimum Gasteiger partial charge on any atom is -0.346 e. The van der Waals surface area contributed by atoms with E-state index in [-0.39, 0.29) is 0 Å². The van der Waals surface area contributed by atoms with E-state index < -0.39 is 0 Å². The lowest BCUT2D eigenvalue weighted by molar-refractivity contribution is 0.921. The molecule has 0 spiro atoms. The molecule has 100 valence electrons. The van der Waals surface area contributed by atoms with Crippen molar-refractivity contribution in [3.05, 3.63) is 77.7 Å². The van der Waals surface area contributed by atoms with E-state index in [0.29, 0.717) is 0 Å². The first-order chi connectivity index (χ1) is 9.83. The summed E-state index contributed by atoms with van der Waals surface area (Å²) in [5.41, 5.74) is 4.84. The van der Waals surface area contributed by atoms with Gasteiger partial charge >= 0.3 is 0 Å². The summed E-state index contributed by atoms with van der Waals surface area (Å²) in [7, 11) is 0. The van der Waals surface area contributed by atoms with Crippen LogP contribution in [0.4, 0.5) is 0 Å². The maximum Gasteiger partial charge on any atom is 0.103 e. The molecule has 0 aliphatic rings. The molecule has 0 unspecified atom stereocenters. The molecule has 2 heteroatoms. The highest BCUT2D eigenvalue weighted by Crippen LogP contribution is 2.22. The van der Waals surface area contributed by atoms with Crippen molar-refractivity contribution >= 4 is 0 Å². The van der Waals surface area contributed by atoms with Crippen LogP contribution >= 0.6 is 0 Å². The third-order valence-corrected chi connectivity index (χ3v) is 3.45. The number of aromatic nitrogens is 2. The van der Waals surface area contributed by atoms with Crippen molar-refractivity contribution in [1.29, 1.82) is 0 Å². The zero-order valence-electron chi connectivity index (χ0n) is 11.6. The average Bonchev–Trinajstić information content (AvgIpc) is 2.88. The second-order valence-electron chi connectivity index (χ2n) is 5.00. The molecule has 1 heterocycles. The lowest BCUT2D eigenvalue weighted by Crippen LogP contribution is -1.94. The molecule has 0 fully saturated rings. The van der Waals surface area contributed by atoms with Gasteiger partial charge in [-0.1, -0.05) is 60.7 Å². The molecule has 0 atom stereocenters. The van der Waals surface area contributed by atoms with Gasteiger partial charge in [0.2, 0.25) is 0 Å². The van der Waals surface area contributed by atoms with Crippen molar-refractivity contribution in [2.45, 2.75) is 19.8 Å². The normalized spacial score (nSPS) is 10.7. The van der Waals surface area contributed by atoms with Crippen LogP contribution in [0, 0.1) is 6.92 Å². The van der Waals surface area contributed by atoms with E-state index in [2.05, 4.69) is 64.6 Å². The quantitative estimate of drug-likeness (QED) is 0.751. The molecule has 3 rings (SSSR count). The number of nitrogens with one attached hydrogen (secondary N) is 1. The summed E-state index contributed by atoms with van der Waals surface area (Å²) in [5.74, 6) is 0.979. The Bertz CT molecular complexity index is 669. The highest BCUT2D eigenvalue weighted by Gasteiger charge is 2.10. The number of benzene rings is 2. The summed E-state index contributed by atoms with van der Waals surface area (Å²) < 4.78 is 0. The zero-order valence-corrected chi connectivity index (χ0v) is 11.6. The number of aromatic amines is 1. The fraction of sp³-hybridized carbons (Fsp3) is 0.167. The number of H-pyrrole nitrogens is 1. The number of aryl methyl sites for hydroxylation is 3. The van der Waals surface area contributed by atoms with E-state index in [1.807, 2.05) is 13.0 Å². The number of hydrogen-bond acceptors (Lipinski definition) is 1. The maximum absolute atomic E-state index is 4.64. The summed E-state index contributed by atoms with van der Waals surface area (Å²) in [6.45, 7) is 2.01. The summed E-state index contributed by atoms with van der Waals surface area (Å²) in [6, 6.07) is 20.9. The third kappa shape index (κ3) is 2.80. The van der Waals surface area contributed by atoms with E-state index >= 15 is 0 Å². The van der Waals surface area contributed by atoms with Crippen molar-refractivity contribution in [2.75, 3.05) is 0 Å². The monoisotopic (exact) mass is 262 g/mol. The molecule has 0 saturated carbocycles. The molecular formula is C18H18N2. The van der Waals surface area contributed by atoms with Crippen LogP contribution in [0.5, 0.6) is 0 Å². The molecule has 0 aliphatic carbocycles. The van der Waals surface area contributed by atoms with Crippen LogP contribution in [-0.2, 0) is 12.8 Å². The molecule has 0 bridgehead atoms. The molecule has 0 radical (unpaired) electrons. The molecule has 0 aliphatic heterocycles. The summed E-state index contributed by atoms with van der Waals surface area (Å²) >= 11 is 0. The Hall–Kier alpha value is -2.35. The van der Waals surface area contributed by atoms with Crippen LogP contribution in [-0.4, -0.2) is 9.97 Å². The van der Waals surface area contributed by atoms with Gasteiger partial charge in [0.1, 0.15) is 5.82 Å². The van der Waals surface area contributed by atoms with Crippen molar-refractivity contribution in [3.8, 4) is 11.3 Å². The minimum absolute atomic E-state index is 0.979. The van der Waals surface area contributed by atoms with Crippen molar-refractivity contribution in [3.63, 3.8) is 0 Å². The molecule has 0 saturated heterocycles. The first-order valence-corrected chi connectivity index (χ1v) is 6.98. The molecule has 2 aromatic carbocycles. The Kier molecular flexibility index (Phi) is 3.64. The standard InChI is InChI=1S/C18H18N2/c1-14-19-17(13-12-15-8-4-2-5-9-15)18(20-14)16-10-6-3-7-11-16/h2-11H,12-13H2,1H3,(H,19,20). The van der Waals surface area contributed by atoms with Crippen LogP contribution < -0.4 is 0 Å². The van der Waals surface area contributed by atoms with Gasteiger partial charge in [-0.3, -0.25) is 0 Å². The number of rotatable bonds is 4. The van der Waals surface area contributed by atoms with Crippen LogP contribution in [0.25, 0.3) is 11.3 Å². The molecule has 2 nitrogen and oxygen atoms in total. The van der Waals surface area contributed by atoms with Crippen LogP contribution in [0.1, 0.15) is 17.1 Å². The predicted octanol–water partition coefficient (Wildman–Crippen LogP) is 4.17. The van der Waals surface area contributed by atoms with Crippen LogP contribution in [0.15, 0.2) is 60.7 Å². The Balaban J connectivity index is 1.84. The molecule has 0 amide bonds. The van der Waals surface area contributed by atoms with Crippen LogP contribution in [0.3, 0.4) is 0 Å². The number of hydrogen-bond donors (Lipinski definition) is 1. The Morgan fingerprint density at radius 3 is 2.20 bits per heavy atom. The fourth-order valence-corrected chi connectivity index (χ4v) is 2.47. The predicted molar refractivity (Wildman–Crippen MR) is 82.6 cm³/mol. The zero-order chi connectivity index (χ0) is 13.8. The van der Waals surface area contributed by atoms with Gasteiger partial charge in [0.15, 0.2) is 0 Å². The van der Waals surface area contributed by atoms with Gasteiger partial charge < -0.3 is 4.98 Å². The fourth-order valence-electron chi connectivity index (χ4n) is 2.47. The maximum atomic E-state index is 4.64. The van der Waals surface area contributed by atoms with Gasteiger partial charge in [0, 0.05) is 11.3 Å². The first-order valence-electron chi connectivity index (χ1n) is 6.98. The molecule has 3 aromatic rings. The molecular weight excluding hydrogens is 244 g/mol. The third-order valence-electron chi connectivity index (χ3n) is 3.45. The Morgan fingerprint density at radius 1 is 0.850 bits per heavy atom. The van der Waals surface area contributed by atoms with Gasteiger partial charge in [-0.25, -0.2) is 4.98 Å². The lowest BCUT2D eigenvalue weighted by Gasteiger charge is -2.03. The van der Waals surface area contributed by atoms with Crippen molar-refractivity contribution < 1.29 is 0 Å². The number of nitrogens with zero attached hydrogens (tertiary/aromatic N) is 1. The summed E-state index contributed by atoms with van der Waals surface area (Å²) in [6.07, 6.45) is 2.01. The lowest BCUT2D eigenvalue weighted by atomic mass is 10.0. The van der Waals surface area contributed by atoms with E-state index in [4.69, 9.17) is 0 Å². The van der Waals surface area contributed by atoms with Gasteiger partial charge in [-0.2, -0.15) is 0 Å². The van der Waals surface area contributed by atoms with E-state index in [1.165, 1.54) is 16.8 Å². The minimum atomic E-state index is 0.979. The van der Waals surface area contributed by atoms with Gasteiger partial charge in [-0.15, -0.1) is 0 Å². The second kappa shape index (κ2) is 5.74. The largest absolute Gasteiger partial charge is 0.346 e. The highest BCUT2D eigenvalue weighted by atomic mass is 14.9. The van der Waals surface area contributed by atoms with Gasteiger partial charge in [0.25, 0.3) is 0 Å². The SMILES string of the molecule is Cc1nc(-c2ccccc2)c(CCc2ccccc2)[nH]1. The highest BCUT2D eigenvalue weighted by molar-refractivity contribution is 5.62. The second-order valence-corrected chi connectivity index (χ2v) is 5.00. The van der Waals surface area contributed by atoms with Gasteiger partial charge in [-0.05, 0) is 25.3 Å². The molecule has 20 heavy (non-hydrogen) atoms. The smallest absolute Gasteiger partial charge is 0.103 e. The van der Waals surface area contributed by atoms with Crippen molar-refractivity contribution in [2.24, 2.45) is 0 Å². The van der Waals surface area contributed by atoms with E-state index in [9.17, 15) is 0 Å². The van der Waals surface area contributed by atoms with Crippen molar-refractivity contribution in [1.82, 2.24) is 9.97 Å². The van der Waals surface area contributed by atoms with Crippen LogP contribution in [0.2, 0.25) is 0 Å². The molecule has 1 aromatic heterocycles. The Morgan fingerprint density at radius 2 is 1.50 bits per heavy atom. The summed E-state index contributed by atoms with van der Waals surface area (Å²) in [4.78, 5) is 8.04.